The van der Waals surface area contributed by atoms with Crippen LogP contribution in [0.4, 0.5) is 0 Å². The number of aliphatic carboxylic acids is 1. The molecule has 1 aromatic rings. The highest BCUT2D eigenvalue weighted by molar-refractivity contribution is 7.09. The molecule has 1 rings (SSSR count). The predicted octanol–water partition coefficient (Wildman–Crippen LogP) is 0.148. The smallest absolute Gasteiger partial charge is 0.323 e. The second-order valence-electron chi connectivity index (χ2n) is 3.04. The standard InChI is InChI=1S/C9H13N3O3S/c1-2-12(4-8(13)14)9(15)6-5-16-7(3-10)11-6/h5H,2-4,10H2,1H3,(H,13,14). The Kier molecular flexibility index (Phi) is 4.39. The molecule has 0 fully saturated rings. The van der Waals surface area contributed by atoms with Gasteiger partial charge in [-0.25, -0.2) is 4.98 Å². The van der Waals surface area contributed by atoms with Crippen LogP contribution >= 0.6 is 11.3 Å². The fourth-order valence-corrected chi connectivity index (χ4v) is 1.80. The zero-order chi connectivity index (χ0) is 12.1. The zero-order valence-corrected chi connectivity index (χ0v) is 9.66. The lowest BCUT2D eigenvalue weighted by atomic mass is 10.4. The number of thiazole rings is 1. The van der Waals surface area contributed by atoms with Crippen LogP contribution in [-0.2, 0) is 11.3 Å². The lowest BCUT2D eigenvalue weighted by molar-refractivity contribution is -0.137. The van der Waals surface area contributed by atoms with Crippen LogP contribution in [0.2, 0.25) is 0 Å². The second-order valence-corrected chi connectivity index (χ2v) is 3.99. The van der Waals surface area contributed by atoms with Gasteiger partial charge in [-0.15, -0.1) is 11.3 Å². The third kappa shape index (κ3) is 3.01. The molecule has 0 aliphatic rings. The third-order valence-corrected chi connectivity index (χ3v) is 2.81. The van der Waals surface area contributed by atoms with E-state index < -0.39 is 5.97 Å². The molecule has 0 bridgehead atoms. The first-order valence-corrected chi connectivity index (χ1v) is 5.62. The van der Waals surface area contributed by atoms with Gasteiger partial charge in [0, 0.05) is 18.5 Å². The van der Waals surface area contributed by atoms with E-state index in [0.29, 0.717) is 11.6 Å². The normalized spacial score (nSPS) is 10.1. The molecule has 1 heterocycles. The van der Waals surface area contributed by atoms with Crippen LogP contribution in [0.3, 0.4) is 0 Å². The van der Waals surface area contributed by atoms with Gasteiger partial charge in [0.15, 0.2) is 0 Å². The Labute approximate surface area is 96.7 Å². The molecule has 1 aromatic heterocycles. The Morgan fingerprint density at radius 1 is 1.62 bits per heavy atom. The minimum atomic E-state index is -1.04. The zero-order valence-electron chi connectivity index (χ0n) is 8.84. The van der Waals surface area contributed by atoms with Gasteiger partial charge >= 0.3 is 5.97 Å². The monoisotopic (exact) mass is 243 g/mol. The molecule has 0 saturated heterocycles. The molecular weight excluding hydrogens is 230 g/mol. The summed E-state index contributed by atoms with van der Waals surface area (Å²) in [7, 11) is 0. The van der Waals surface area contributed by atoms with E-state index in [4.69, 9.17) is 10.8 Å². The molecule has 0 aliphatic heterocycles. The molecule has 0 atom stereocenters. The van der Waals surface area contributed by atoms with Crippen LogP contribution in [0.5, 0.6) is 0 Å². The van der Waals surface area contributed by atoms with Crippen LogP contribution in [0.25, 0.3) is 0 Å². The quantitative estimate of drug-likeness (QED) is 0.767. The summed E-state index contributed by atoms with van der Waals surface area (Å²) in [5.41, 5.74) is 5.64. The van der Waals surface area contributed by atoms with E-state index in [1.54, 1.807) is 12.3 Å². The SMILES string of the molecule is CCN(CC(=O)O)C(=O)c1csc(CN)n1. The average Bonchev–Trinajstić information content (AvgIpc) is 2.73. The number of carbonyl (C=O) groups is 2. The highest BCUT2D eigenvalue weighted by Crippen LogP contribution is 2.11. The summed E-state index contributed by atoms with van der Waals surface area (Å²) < 4.78 is 0. The molecule has 1 amide bonds. The number of rotatable bonds is 5. The van der Waals surface area contributed by atoms with Gasteiger partial charge in [-0.2, -0.15) is 0 Å². The van der Waals surface area contributed by atoms with Gasteiger partial charge in [-0.05, 0) is 6.92 Å². The summed E-state index contributed by atoms with van der Waals surface area (Å²) in [5, 5.41) is 10.9. The molecule has 0 aliphatic carbocycles. The summed E-state index contributed by atoms with van der Waals surface area (Å²) in [6.45, 7) is 2.02. The molecule has 0 spiro atoms. The Morgan fingerprint density at radius 2 is 2.31 bits per heavy atom. The van der Waals surface area contributed by atoms with Crippen LogP contribution in [0.15, 0.2) is 5.38 Å². The maximum Gasteiger partial charge on any atom is 0.323 e. The first-order valence-electron chi connectivity index (χ1n) is 4.74. The van der Waals surface area contributed by atoms with E-state index >= 15 is 0 Å². The summed E-state index contributed by atoms with van der Waals surface area (Å²) in [5.74, 6) is -1.41. The molecule has 0 unspecified atom stereocenters. The number of amides is 1. The van der Waals surface area contributed by atoms with Crippen molar-refractivity contribution >= 4 is 23.2 Å². The van der Waals surface area contributed by atoms with Crippen molar-refractivity contribution in [1.29, 1.82) is 0 Å². The summed E-state index contributed by atoms with van der Waals surface area (Å²) in [6, 6.07) is 0. The molecule has 16 heavy (non-hydrogen) atoms. The Morgan fingerprint density at radius 3 is 2.75 bits per heavy atom. The number of nitrogens with two attached hydrogens (primary N) is 1. The van der Waals surface area contributed by atoms with Crippen LogP contribution in [0.1, 0.15) is 22.4 Å². The Balaban J connectivity index is 2.78. The van der Waals surface area contributed by atoms with E-state index in [9.17, 15) is 9.59 Å². The van der Waals surface area contributed by atoms with Crippen molar-refractivity contribution in [2.75, 3.05) is 13.1 Å². The van der Waals surface area contributed by atoms with Crippen molar-refractivity contribution in [1.82, 2.24) is 9.88 Å². The van der Waals surface area contributed by atoms with Crippen molar-refractivity contribution in [3.05, 3.63) is 16.1 Å². The molecule has 3 N–H and O–H groups in total. The number of hydrogen-bond donors (Lipinski definition) is 2. The van der Waals surface area contributed by atoms with E-state index in [0.717, 1.165) is 0 Å². The Hall–Kier alpha value is -1.47. The lowest BCUT2D eigenvalue weighted by Crippen LogP contribution is -2.35. The van der Waals surface area contributed by atoms with Crippen molar-refractivity contribution in [2.24, 2.45) is 5.73 Å². The van der Waals surface area contributed by atoms with Gasteiger partial charge in [0.1, 0.15) is 17.2 Å². The number of carboxylic acid groups (broad SMARTS) is 1. The van der Waals surface area contributed by atoms with Gasteiger partial charge in [-0.3, -0.25) is 9.59 Å². The Bertz CT molecular complexity index is 391. The van der Waals surface area contributed by atoms with E-state index in [1.807, 2.05) is 0 Å². The number of likely N-dealkylation sites (N-methyl/N-ethyl adjacent to an activating group) is 1. The van der Waals surface area contributed by atoms with Gasteiger partial charge in [0.25, 0.3) is 5.91 Å². The average molecular weight is 243 g/mol. The predicted molar refractivity (Wildman–Crippen MR) is 59.2 cm³/mol. The molecule has 6 nitrogen and oxygen atoms in total. The van der Waals surface area contributed by atoms with Gasteiger partial charge in [0.05, 0.1) is 0 Å². The molecule has 7 heteroatoms. The van der Waals surface area contributed by atoms with Gasteiger partial charge in [-0.1, -0.05) is 0 Å². The second kappa shape index (κ2) is 5.57. The van der Waals surface area contributed by atoms with Crippen molar-refractivity contribution in [3.8, 4) is 0 Å². The summed E-state index contributed by atoms with van der Waals surface area (Å²) >= 11 is 1.29. The fraction of sp³-hybridized carbons (Fsp3) is 0.444. The highest BCUT2D eigenvalue weighted by atomic mass is 32.1. The van der Waals surface area contributed by atoms with Gasteiger partial charge < -0.3 is 15.7 Å². The summed E-state index contributed by atoms with van der Waals surface area (Å²) in [6.07, 6.45) is 0. The summed E-state index contributed by atoms with van der Waals surface area (Å²) in [4.78, 5) is 27.6. The lowest BCUT2D eigenvalue weighted by Gasteiger charge is -2.16. The number of hydrogen-bond acceptors (Lipinski definition) is 5. The first-order chi connectivity index (χ1) is 7.58. The first kappa shape index (κ1) is 12.6. The topological polar surface area (TPSA) is 96.5 Å². The third-order valence-electron chi connectivity index (χ3n) is 1.94. The molecule has 88 valence electrons. The number of carbonyl (C=O) groups excluding carboxylic acids is 1. The fourth-order valence-electron chi connectivity index (χ4n) is 1.16. The minimum Gasteiger partial charge on any atom is -0.480 e. The molecule has 0 saturated carbocycles. The number of nitrogens with zero attached hydrogens (tertiary/aromatic N) is 2. The maximum absolute atomic E-state index is 11.8. The van der Waals surface area contributed by atoms with Crippen LogP contribution < -0.4 is 5.73 Å². The number of carboxylic acids is 1. The van der Waals surface area contributed by atoms with Crippen molar-refractivity contribution in [3.63, 3.8) is 0 Å². The number of aromatic nitrogens is 1. The molecule has 0 aromatic carbocycles. The van der Waals surface area contributed by atoms with Crippen LogP contribution in [-0.4, -0.2) is 40.0 Å². The molecule has 0 radical (unpaired) electrons. The van der Waals surface area contributed by atoms with E-state index in [-0.39, 0.29) is 24.7 Å². The minimum absolute atomic E-state index is 0.258. The van der Waals surface area contributed by atoms with Crippen LogP contribution in [0, 0.1) is 0 Å². The van der Waals surface area contributed by atoms with E-state index in [2.05, 4.69) is 4.98 Å². The van der Waals surface area contributed by atoms with E-state index in [1.165, 1.54) is 16.2 Å². The highest BCUT2D eigenvalue weighted by Gasteiger charge is 2.19. The largest absolute Gasteiger partial charge is 0.480 e. The van der Waals surface area contributed by atoms with Crippen molar-refractivity contribution in [2.45, 2.75) is 13.5 Å². The van der Waals surface area contributed by atoms with Crippen molar-refractivity contribution < 1.29 is 14.7 Å². The maximum atomic E-state index is 11.8. The molecular formula is C9H13N3O3S. The van der Waals surface area contributed by atoms with Gasteiger partial charge in [0.2, 0.25) is 0 Å².